The van der Waals surface area contributed by atoms with Gasteiger partial charge in [0.2, 0.25) is 0 Å². The third-order valence-corrected chi connectivity index (χ3v) is 2.65. The minimum atomic E-state index is 0.325. The average Bonchev–Trinajstić information content (AvgIpc) is 2.36. The summed E-state index contributed by atoms with van der Waals surface area (Å²) < 4.78 is 5.16. The Morgan fingerprint density at radius 1 is 1.17 bits per heavy atom. The fourth-order valence-electron chi connectivity index (χ4n) is 1.60. The lowest BCUT2D eigenvalue weighted by Crippen LogP contribution is -2.01. The molecule has 0 atom stereocenters. The molecule has 18 heavy (non-hydrogen) atoms. The maximum atomic E-state index is 5.66. The number of aromatic nitrogens is 1. The molecule has 0 aliphatic rings. The largest absolute Gasteiger partial charge is 0.497 e. The third-order valence-electron chi connectivity index (χ3n) is 2.65. The molecule has 94 valence electrons. The van der Waals surface area contributed by atoms with Crippen molar-refractivity contribution in [3.63, 3.8) is 0 Å². The molecule has 1 aromatic carbocycles. The van der Waals surface area contributed by atoms with Crippen LogP contribution in [0.5, 0.6) is 5.75 Å². The number of aryl methyl sites for hydroxylation is 1. The summed E-state index contributed by atoms with van der Waals surface area (Å²) in [6, 6.07) is 9.28. The van der Waals surface area contributed by atoms with Gasteiger partial charge in [-0.25, -0.2) is 4.98 Å². The fraction of sp³-hybridized carbons (Fsp3) is 0.154. The van der Waals surface area contributed by atoms with Crippen LogP contribution in [-0.4, -0.2) is 12.1 Å². The van der Waals surface area contributed by atoms with E-state index >= 15 is 0 Å². The van der Waals surface area contributed by atoms with Gasteiger partial charge in [0.05, 0.1) is 12.8 Å². The predicted octanol–water partition coefficient (Wildman–Crippen LogP) is 2.31. The Hall–Kier alpha value is -2.43. The van der Waals surface area contributed by atoms with E-state index in [1.165, 1.54) is 0 Å². The molecule has 2 rings (SSSR count). The molecule has 2 aromatic rings. The van der Waals surface area contributed by atoms with Crippen molar-refractivity contribution in [2.45, 2.75) is 6.92 Å². The minimum absolute atomic E-state index is 0.325. The van der Waals surface area contributed by atoms with Crippen molar-refractivity contribution >= 4 is 23.0 Å². The fourth-order valence-corrected chi connectivity index (χ4v) is 1.60. The van der Waals surface area contributed by atoms with Crippen molar-refractivity contribution in [2.24, 2.45) is 0 Å². The highest BCUT2D eigenvalue weighted by atomic mass is 16.5. The van der Waals surface area contributed by atoms with Crippen molar-refractivity contribution in [3.05, 3.63) is 35.9 Å². The molecule has 0 spiro atoms. The molecule has 0 aliphatic heterocycles. The first-order chi connectivity index (χ1) is 8.60. The maximum Gasteiger partial charge on any atom is 0.149 e. The van der Waals surface area contributed by atoms with E-state index in [2.05, 4.69) is 10.3 Å². The first-order valence-electron chi connectivity index (χ1n) is 5.54. The second kappa shape index (κ2) is 4.83. The lowest BCUT2D eigenvalue weighted by molar-refractivity contribution is 0.414. The summed E-state index contributed by atoms with van der Waals surface area (Å²) in [6.45, 7) is 1.99. The van der Waals surface area contributed by atoms with Crippen LogP contribution in [0, 0.1) is 6.92 Å². The van der Waals surface area contributed by atoms with Crippen LogP contribution in [-0.2, 0) is 0 Å². The Morgan fingerprint density at radius 3 is 2.56 bits per heavy atom. The zero-order valence-corrected chi connectivity index (χ0v) is 10.4. The summed E-state index contributed by atoms with van der Waals surface area (Å²) in [4.78, 5) is 4.16. The number of hydrogen-bond donors (Lipinski definition) is 3. The first-order valence-corrected chi connectivity index (χ1v) is 5.54. The van der Waals surface area contributed by atoms with E-state index in [0.717, 1.165) is 17.0 Å². The van der Waals surface area contributed by atoms with Crippen LogP contribution < -0.4 is 21.5 Å². The molecule has 0 fully saturated rings. The predicted molar refractivity (Wildman–Crippen MR) is 74.1 cm³/mol. The number of nitrogen functional groups attached to an aromatic ring is 2. The van der Waals surface area contributed by atoms with Crippen LogP contribution in [0.4, 0.5) is 23.0 Å². The Morgan fingerprint density at radius 2 is 1.94 bits per heavy atom. The van der Waals surface area contributed by atoms with Gasteiger partial charge in [0.1, 0.15) is 17.4 Å². The number of hydrogen-bond acceptors (Lipinski definition) is 5. The lowest BCUT2D eigenvalue weighted by atomic mass is 10.2. The Balaban J connectivity index is 2.25. The highest BCUT2D eigenvalue weighted by molar-refractivity contribution is 5.67. The molecule has 0 saturated carbocycles. The van der Waals surface area contributed by atoms with E-state index in [1.807, 2.05) is 25.1 Å². The summed E-state index contributed by atoms with van der Waals surface area (Å²) in [5.74, 6) is 1.81. The number of pyridine rings is 1. The Bertz CT molecular complexity index is 569. The van der Waals surface area contributed by atoms with Gasteiger partial charge in [-0.1, -0.05) is 0 Å². The number of nitrogens with zero attached hydrogens (tertiary/aromatic N) is 1. The monoisotopic (exact) mass is 244 g/mol. The molecular formula is C13H16N4O. The Labute approximate surface area is 106 Å². The molecule has 5 nitrogen and oxygen atoms in total. The topological polar surface area (TPSA) is 86.2 Å². The van der Waals surface area contributed by atoms with Gasteiger partial charge in [0, 0.05) is 5.69 Å². The van der Waals surface area contributed by atoms with E-state index in [9.17, 15) is 0 Å². The minimum Gasteiger partial charge on any atom is -0.497 e. The molecule has 5 heteroatoms. The number of rotatable bonds is 3. The van der Waals surface area contributed by atoms with Gasteiger partial charge in [-0.15, -0.1) is 0 Å². The van der Waals surface area contributed by atoms with Crippen LogP contribution in [0.3, 0.4) is 0 Å². The van der Waals surface area contributed by atoms with E-state index in [4.69, 9.17) is 16.2 Å². The summed E-state index contributed by atoms with van der Waals surface area (Å²) in [5, 5.41) is 3.19. The third kappa shape index (κ3) is 2.45. The maximum absolute atomic E-state index is 5.66. The van der Waals surface area contributed by atoms with Gasteiger partial charge in [-0.2, -0.15) is 0 Å². The molecule has 0 radical (unpaired) electrons. The smallest absolute Gasteiger partial charge is 0.149 e. The molecule has 0 unspecified atom stereocenters. The molecular weight excluding hydrogens is 228 g/mol. The van der Waals surface area contributed by atoms with E-state index in [1.54, 1.807) is 19.2 Å². The molecule has 0 bridgehead atoms. The van der Waals surface area contributed by atoms with Gasteiger partial charge >= 0.3 is 0 Å². The second-order valence-corrected chi connectivity index (χ2v) is 3.98. The van der Waals surface area contributed by atoms with Crippen LogP contribution in [0.2, 0.25) is 0 Å². The lowest BCUT2D eigenvalue weighted by Gasteiger charge is -2.11. The molecule has 0 aliphatic carbocycles. The van der Waals surface area contributed by atoms with Gasteiger partial charge in [0.25, 0.3) is 0 Å². The molecule has 0 saturated heterocycles. The number of methoxy groups -OCH3 is 1. The highest BCUT2D eigenvalue weighted by Crippen LogP contribution is 2.25. The number of nitrogens with two attached hydrogens (primary N) is 2. The van der Waals surface area contributed by atoms with Crippen molar-refractivity contribution in [1.29, 1.82) is 0 Å². The van der Waals surface area contributed by atoms with E-state index in [-0.39, 0.29) is 0 Å². The Kier molecular flexibility index (Phi) is 3.23. The molecule has 1 aromatic heterocycles. The van der Waals surface area contributed by atoms with Gasteiger partial charge in [0.15, 0.2) is 0 Å². The summed E-state index contributed by atoms with van der Waals surface area (Å²) in [7, 11) is 1.64. The summed E-state index contributed by atoms with van der Waals surface area (Å²) >= 11 is 0. The van der Waals surface area contributed by atoms with Crippen molar-refractivity contribution < 1.29 is 4.74 Å². The van der Waals surface area contributed by atoms with Crippen molar-refractivity contribution in [1.82, 2.24) is 4.98 Å². The highest BCUT2D eigenvalue weighted by Gasteiger charge is 2.03. The van der Waals surface area contributed by atoms with Crippen LogP contribution >= 0.6 is 0 Å². The van der Waals surface area contributed by atoms with Crippen LogP contribution in [0.1, 0.15) is 5.56 Å². The normalized spacial score (nSPS) is 10.1. The molecule has 0 amide bonds. The zero-order chi connectivity index (χ0) is 13.1. The van der Waals surface area contributed by atoms with Crippen molar-refractivity contribution in [2.75, 3.05) is 23.9 Å². The molecule has 5 N–H and O–H groups in total. The summed E-state index contributed by atoms with van der Waals surface area (Å²) in [5.41, 5.74) is 13.8. The number of benzene rings is 1. The summed E-state index contributed by atoms with van der Waals surface area (Å²) in [6.07, 6.45) is 0. The number of anilines is 4. The quantitative estimate of drug-likeness (QED) is 0.771. The van der Waals surface area contributed by atoms with E-state index in [0.29, 0.717) is 17.3 Å². The molecule has 1 heterocycles. The van der Waals surface area contributed by atoms with Gasteiger partial charge < -0.3 is 21.5 Å². The van der Waals surface area contributed by atoms with E-state index < -0.39 is 0 Å². The SMILES string of the molecule is COc1ccc(Nc2ccc(N)c(N)n2)c(C)c1. The zero-order valence-electron chi connectivity index (χ0n) is 10.4. The standard InChI is InChI=1S/C13H16N4O/c1-8-7-9(18-2)3-5-11(8)16-12-6-4-10(14)13(15)17-12/h3-7H,14H2,1-2H3,(H3,15,16,17). The number of nitrogens with one attached hydrogen (secondary N) is 1. The van der Waals surface area contributed by atoms with Gasteiger partial charge in [-0.3, -0.25) is 0 Å². The second-order valence-electron chi connectivity index (χ2n) is 3.98. The van der Waals surface area contributed by atoms with Gasteiger partial charge in [-0.05, 0) is 42.8 Å². The first kappa shape index (κ1) is 12.0. The number of ether oxygens (including phenoxy) is 1. The average molecular weight is 244 g/mol. The van der Waals surface area contributed by atoms with Crippen LogP contribution in [0.15, 0.2) is 30.3 Å². The van der Waals surface area contributed by atoms with Crippen molar-refractivity contribution in [3.8, 4) is 5.75 Å². The van der Waals surface area contributed by atoms with Crippen LogP contribution in [0.25, 0.3) is 0 Å².